The first-order valence-corrected chi connectivity index (χ1v) is 9.65. The summed E-state index contributed by atoms with van der Waals surface area (Å²) in [6.07, 6.45) is 5.73. The van der Waals surface area contributed by atoms with E-state index in [1.54, 1.807) is 24.3 Å². The van der Waals surface area contributed by atoms with E-state index in [1.807, 2.05) is 4.90 Å². The van der Waals surface area contributed by atoms with E-state index in [4.69, 9.17) is 4.42 Å². The Balaban J connectivity index is 1.61. The highest BCUT2D eigenvalue weighted by Gasteiger charge is 2.22. The Morgan fingerprint density at radius 3 is 2.52 bits per heavy atom. The van der Waals surface area contributed by atoms with Crippen molar-refractivity contribution < 1.29 is 18.9 Å². The van der Waals surface area contributed by atoms with Crippen molar-refractivity contribution in [3.8, 4) is 0 Å². The topological polar surface area (TPSA) is 118 Å². The predicted molar refractivity (Wildman–Crippen MR) is 107 cm³/mol. The van der Waals surface area contributed by atoms with E-state index in [9.17, 15) is 19.7 Å². The van der Waals surface area contributed by atoms with Gasteiger partial charge in [0.25, 0.3) is 11.6 Å². The van der Waals surface area contributed by atoms with E-state index in [1.165, 1.54) is 12.3 Å². The molecule has 0 atom stereocenters. The number of nitrogens with one attached hydrogen (secondary N) is 2. The van der Waals surface area contributed by atoms with E-state index in [-0.39, 0.29) is 30.2 Å². The number of nitro benzene ring substituents is 1. The second-order valence-electron chi connectivity index (χ2n) is 6.90. The maximum atomic E-state index is 12.4. The molecule has 0 bridgehead atoms. The minimum absolute atomic E-state index is 0.0955. The summed E-state index contributed by atoms with van der Waals surface area (Å²) in [5, 5.41) is 16.7. The molecule has 3 rings (SSSR count). The molecule has 0 radical (unpaired) electrons. The van der Waals surface area contributed by atoms with Gasteiger partial charge in [-0.15, -0.1) is 0 Å². The van der Waals surface area contributed by atoms with E-state index in [0.717, 1.165) is 38.8 Å². The van der Waals surface area contributed by atoms with Crippen molar-refractivity contribution in [1.29, 1.82) is 0 Å². The largest absolute Gasteiger partial charge is 0.467 e. The third kappa shape index (κ3) is 5.56. The van der Waals surface area contributed by atoms with Crippen LogP contribution in [0.2, 0.25) is 0 Å². The third-order valence-corrected chi connectivity index (χ3v) is 4.83. The van der Waals surface area contributed by atoms with Crippen LogP contribution >= 0.6 is 0 Å². The van der Waals surface area contributed by atoms with Gasteiger partial charge in [0.15, 0.2) is 0 Å². The molecule has 2 N–H and O–H groups in total. The molecule has 0 spiro atoms. The number of anilines is 1. The van der Waals surface area contributed by atoms with Gasteiger partial charge in [-0.25, -0.2) is 0 Å². The molecule has 2 aromatic rings. The second-order valence-corrected chi connectivity index (χ2v) is 6.90. The molecule has 2 amide bonds. The second kappa shape index (κ2) is 9.72. The Morgan fingerprint density at radius 2 is 1.86 bits per heavy atom. The Bertz CT molecular complexity index is 858. The van der Waals surface area contributed by atoms with Gasteiger partial charge in [-0.2, -0.15) is 0 Å². The highest BCUT2D eigenvalue weighted by atomic mass is 16.6. The van der Waals surface area contributed by atoms with Crippen molar-refractivity contribution in [2.45, 2.75) is 32.2 Å². The van der Waals surface area contributed by atoms with Crippen LogP contribution in [0.1, 0.15) is 41.8 Å². The molecule has 1 saturated heterocycles. The standard InChI is InChI=1S/C20H24N4O5/c25-19(21-13-16-6-5-11-29-16)14-22-20(26)15-7-8-17(18(12-15)24(27)28)23-9-3-1-2-4-10-23/h5-8,11-12H,1-4,9-10,13-14H2,(H,21,25)(H,22,26). The van der Waals surface area contributed by atoms with Crippen LogP contribution in [0.3, 0.4) is 0 Å². The van der Waals surface area contributed by atoms with Gasteiger partial charge in [-0.3, -0.25) is 19.7 Å². The number of hydrogen-bond donors (Lipinski definition) is 2. The first kappa shape index (κ1) is 20.4. The molecular weight excluding hydrogens is 376 g/mol. The molecule has 1 aromatic carbocycles. The lowest BCUT2D eigenvalue weighted by Crippen LogP contribution is -2.36. The minimum atomic E-state index is -0.538. The fraction of sp³-hybridized carbons (Fsp3) is 0.400. The van der Waals surface area contributed by atoms with Crippen LogP contribution in [0.15, 0.2) is 41.0 Å². The highest BCUT2D eigenvalue weighted by molar-refractivity contribution is 5.97. The van der Waals surface area contributed by atoms with Crippen LogP contribution in [-0.2, 0) is 11.3 Å². The minimum Gasteiger partial charge on any atom is -0.467 e. The zero-order valence-corrected chi connectivity index (χ0v) is 16.1. The lowest BCUT2D eigenvalue weighted by Gasteiger charge is -2.22. The molecule has 29 heavy (non-hydrogen) atoms. The third-order valence-electron chi connectivity index (χ3n) is 4.83. The summed E-state index contributed by atoms with van der Waals surface area (Å²) in [6.45, 7) is 1.52. The van der Waals surface area contributed by atoms with Crippen molar-refractivity contribution >= 4 is 23.2 Å². The van der Waals surface area contributed by atoms with Gasteiger partial charge in [-0.1, -0.05) is 12.8 Å². The van der Waals surface area contributed by atoms with Crippen LogP contribution in [-0.4, -0.2) is 36.4 Å². The zero-order chi connectivity index (χ0) is 20.6. The molecule has 1 aliphatic heterocycles. The number of amides is 2. The van der Waals surface area contributed by atoms with Crippen LogP contribution in [0.5, 0.6) is 0 Å². The summed E-state index contributed by atoms with van der Waals surface area (Å²) in [6, 6.07) is 7.89. The average Bonchev–Trinajstić information content (AvgIpc) is 3.10. The van der Waals surface area contributed by atoms with Crippen LogP contribution in [0, 0.1) is 10.1 Å². The van der Waals surface area contributed by atoms with Crippen molar-refractivity contribution in [1.82, 2.24) is 10.6 Å². The number of hydrogen-bond acceptors (Lipinski definition) is 6. The Morgan fingerprint density at radius 1 is 1.10 bits per heavy atom. The summed E-state index contributed by atoms with van der Waals surface area (Å²) >= 11 is 0. The Kier molecular flexibility index (Phi) is 6.83. The summed E-state index contributed by atoms with van der Waals surface area (Å²) < 4.78 is 5.11. The van der Waals surface area contributed by atoms with Crippen molar-refractivity contribution in [2.24, 2.45) is 0 Å². The Labute approximate surface area is 168 Å². The summed E-state index contributed by atoms with van der Waals surface area (Å²) in [7, 11) is 0. The number of carbonyl (C=O) groups excluding carboxylic acids is 2. The van der Waals surface area contributed by atoms with Crippen molar-refractivity contribution in [3.63, 3.8) is 0 Å². The predicted octanol–water partition coefficient (Wildman–Crippen LogP) is 2.61. The molecule has 9 nitrogen and oxygen atoms in total. The first-order chi connectivity index (χ1) is 14.0. The van der Waals surface area contributed by atoms with E-state index in [0.29, 0.717) is 11.4 Å². The van der Waals surface area contributed by atoms with Crippen LogP contribution < -0.4 is 15.5 Å². The Hall–Kier alpha value is -3.36. The molecule has 154 valence electrons. The van der Waals surface area contributed by atoms with Gasteiger partial charge >= 0.3 is 0 Å². The number of nitro groups is 1. The van der Waals surface area contributed by atoms with Gasteiger partial charge < -0.3 is 20.0 Å². The molecule has 0 aliphatic carbocycles. The highest BCUT2D eigenvalue weighted by Crippen LogP contribution is 2.31. The number of rotatable bonds is 7. The van der Waals surface area contributed by atoms with Gasteiger partial charge in [0, 0.05) is 24.7 Å². The average molecular weight is 400 g/mol. The van der Waals surface area contributed by atoms with Gasteiger partial charge in [0.1, 0.15) is 11.4 Å². The lowest BCUT2D eigenvalue weighted by molar-refractivity contribution is -0.384. The lowest BCUT2D eigenvalue weighted by atomic mass is 10.1. The number of nitrogens with zero attached hydrogens (tertiary/aromatic N) is 2. The number of furan rings is 1. The number of benzene rings is 1. The number of carbonyl (C=O) groups is 2. The first-order valence-electron chi connectivity index (χ1n) is 9.65. The summed E-state index contributed by atoms with van der Waals surface area (Å²) in [5.74, 6) is -0.321. The molecule has 0 saturated carbocycles. The SMILES string of the molecule is O=C(CNC(=O)c1ccc(N2CCCCCC2)c([N+](=O)[O-])c1)NCc1ccco1. The molecule has 1 aromatic heterocycles. The van der Waals surface area contributed by atoms with E-state index < -0.39 is 10.8 Å². The molecule has 1 aliphatic rings. The van der Waals surface area contributed by atoms with Gasteiger partial charge in [0.2, 0.25) is 5.91 Å². The normalized spacial score (nSPS) is 14.1. The maximum Gasteiger partial charge on any atom is 0.293 e. The van der Waals surface area contributed by atoms with Gasteiger partial charge in [-0.05, 0) is 37.1 Å². The van der Waals surface area contributed by atoms with Crippen LogP contribution in [0.4, 0.5) is 11.4 Å². The quantitative estimate of drug-likeness (QED) is 0.545. The van der Waals surface area contributed by atoms with Crippen molar-refractivity contribution in [3.05, 3.63) is 58.0 Å². The molecule has 9 heteroatoms. The summed E-state index contributed by atoms with van der Waals surface area (Å²) in [5.41, 5.74) is 0.584. The van der Waals surface area contributed by atoms with Crippen molar-refractivity contribution in [2.75, 3.05) is 24.5 Å². The maximum absolute atomic E-state index is 12.4. The van der Waals surface area contributed by atoms with E-state index in [2.05, 4.69) is 10.6 Å². The van der Waals surface area contributed by atoms with Gasteiger partial charge in [0.05, 0.1) is 24.3 Å². The van der Waals surface area contributed by atoms with Crippen LogP contribution in [0.25, 0.3) is 0 Å². The summed E-state index contributed by atoms with van der Waals surface area (Å²) in [4.78, 5) is 37.3. The molecule has 1 fully saturated rings. The van der Waals surface area contributed by atoms with E-state index >= 15 is 0 Å². The monoisotopic (exact) mass is 400 g/mol. The molecule has 2 heterocycles. The smallest absolute Gasteiger partial charge is 0.293 e. The molecule has 0 unspecified atom stereocenters. The molecular formula is C20H24N4O5. The zero-order valence-electron chi connectivity index (χ0n) is 16.1. The fourth-order valence-corrected chi connectivity index (χ4v) is 3.31. The fourth-order valence-electron chi connectivity index (χ4n) is 3.31.